The molecule has 1 aliphatic rings. The Morgan fingerprint density at radius 1 is 0.952 bits per heavy atom. The van der Waals surface area contributed by atoms with Gasteiger partial charge in [-0.2, -0.15) is 0 Å². The van der Waals surface area contributed by atoms with E-state index in [1.54, 1.807) is 36.4 Å². The number of halogens is 2. The number of rotatable bonds is 3. The fourth-order valence-corrected chi connectivity index (χ4v) is 2.47. The Morgan fingerprint density at radius 2 is 1.71 bits per heavy atom. The van der Waals surface area contributed by atoms with Crippen molar-refractivity contribution in [3.05, 3.63) is 57.6 Å². The molecule has 2 aromatic carbocycles. The number of Topliss-reactive ketones (excluding diaryl/α,β-unsaturated/α-hetero) is 1. The maximum absolute atomic E-state index is 12.3. The van der Waals surface area contributed by atoms with Crippen LogP contribution in [0.2, 0.25) is 10.0 Å². The van der Waals surface area contributed by atoms with Crippen LogP contribution in [0.15, 0.2) is 36.4 Å². The number of benzene rings is 2. The first-order valence-electron chi connectivity index (χ1n) is 6.50. The minimum atomic E-state index is -0.00892. The van der Waals surface area contributed by atoms with E-state index >= 15 is 0 Å². The van der Waals surface area contributed by atoms with Crippen LogP contribution in [0.3, 0.4) is 0 Å². The third kappa shape index (κ3) is 3.14. The molecular weight excluding hydrogens is 311 g/mol. The van der Waals surface area contributed by atoms with Gasteiger partial charge in [0, 0.05) is 12.0 Å². The third-order valence-corrected chi connectivity index (χ3v) is 3.95. The summed E-state index contributed by atoms with van der Waals surface area (Å²) in [6, 6.07) is 10.4. The zero-order chi connectivity index (χ0) is 14.8. The predicted molar refractivity (Wildman–Crippen MR) is 81.9 cm³/mol. The molecule has 0 amide bonds. The van der Waals surface area contributed by atoms with E-state index in [9.17, 15) is 4.79 Å². The van der Waals surface area contributed by atoms with Crippen LogP contribution in [0.1, 0.15) is 15.9 Å². The van der Waals surface area contributed by atoms with Gasteiger partial charge in [-0.15, -0.1) is 0 Å². The lowest BCUT2D eigenvalue weighted by atomic mass is 10.0. The lowest BCUT2D eigenvalue weighted by Gasteiger charge is -2.18. The first-order chi connectivity index (χ1) is 10.1. The van der Waals surface area contributed by atoms with Gasteiger partial charge in [-0.1, -0.05) is 29.3 Å². The van der Waals surface area contributed by atoms with Crippen LogP contribution in [-0.4, -0.2) is 19.0 Å². The lowest BCUT2D eigenvalue weighted by Crippen LogP contribution is -2.16. The highest BCUT2D eigenvalue weighted by atomic mass is 35.5. The monoisotopic (exact) mass is 322 g/mol. The molecule has 108 valence electrons. The van der Waals surface area contributed by atoms with Crippen LogP contribution in [0.5, 0.6) is 11.5 Å². The fourth-order valence-electron chi connectivity index (χ4n) is 2.15. The molecule has 0 radical (unpaired) electrons. The van der Waals surface area contributed by atoms with Crippen molar-refractivity contribution in [2.45, 2.75) is 6.42 Å². The molecule has 0 atom stereocenters. The summed E-state index contributed by atoms with van der Waals surface area (Å²) in [7, 11) is 0. The molecule has 0 unspecified atom stereocenters. The Kier molecular flexibility index (Phi) is 4.04. The zero-order valence-corrected chi connectivity index (χ0v) is 12.6. The molecule has 1 heterocycles. The minimum absolute atomic E-state index is 0.00892. The SMILES string of the molecule is O=C(Cc1ccc(Cl)c(Cl)c1)c1ccc2c(c1)OCCO2. The second kappa shape index (κ2) is 5.96. The maximum atomic E-state index is 12.3. The summed E-state index contributed by atoms with van der Waals surface area (Å²) in [4.78, 5) is 12.3. The Bertz CT molecular complexity index is 698. The summed E-state index contributed by atoms with van der Waals surface area (Å²) in [5, 5.41) is 0.927. The van der Waals surface area contributed by atoms with Crippen LogP contribution >= 0.6 is 23.2 Å². The first-order valence-corrected chi connectivity index (χ1v) is 7.26. The van der Waals surface area contributed by atoms with Gasteiger partial charge in [0.1, 0.15) is 13.2 Å². The number of carbonyl (C=O) groups excluding carboxylic acids is 1. The van der Waals surface area contributed by atoms with E-state index in [-0.39, 0.29) is 12.2 Å². The van der Waals surface area contributed by atoms with Crippen LogP contribution in [0.25, 0.3) is 0 Å². The van der Waals surface area contributed by atoms with Crippen LogP contribution in [0.4, 0.5) is 0 Å². The van der Waals surface area contributed by atoms with Gasteiger partial charge in [-0.3, -0.25) is 4.79 Å². The molecule has 0 saturated heterocycles. The first kappa shape index (κ1) is 14.2. The number of fused-ring (bicyclic) bond motifs is 1. The average Bonchev–Trinajstić information content (AvgIpc) is 2.50. The Hall–Kier alpha value is -1.71. The molecule has 0 aromatic heterocycles. The number of carbonyl (C=O) groups is 1. The van der Waals surface area contributed by atoms with Crippen molar-refractivity contribution in [3.63, 3.8) is 0 Å². The smallest absolute Gasteiger partial charge is 0.167 e. The number of hydrogen-bond acceptors (Lipinski definition) is 3. The van der Waals surface area contributed by atoms with Crippen molar-refractivity contribution < 1.29 is 14.3 Å². The van der Waals surface area contributed by atoms with Gasteiger partial charge in [0.2, 0.25) is 0 Å². The highest BCUT2D eigenvalue weighted by Gasteiger charge is 2.15. The highest BCUT2D eigenvalue weighted by Crippen LogP contribution is 2.31. The van der Waals surface area contributed by atoms with E-state index < -0.39 is 0 Å². The number of ketones is 1. The second-order valence-corrected chi connectivity index (χ2v) is 5.52. The maximum Gasteiger partial charge on any atom is 0.167 e. The van der Waals surface area contributed by atoms with E-state index in [4.69, 9.17) is 32.7 Å². The van der Waals surface area contributed by atoms with Crippen molar-refractivity contribution in [1.82, 2.24) is 0 Å². The Labute approximate surface area is 132 Å². The van der Waals surface area contributed by atoms with E-state index in [1.165, 1.54) is 0 Å². The van der Waals surface area contributed by atoms with Gasteiger partial charge >= 0.3 is 0 Å². The van der Waals surface area contributed by atoms with Crippen molar-refractivity contribution in [2.75, 3.05) is 13.2 Å². The summed E-state index contributed by atoms with van der Waals surface area (Å²) >= 11 is 11.8. The van der Waals surface area contributed by atoms with E-state index in [2.05, 4.69) is 0 Å². The second-order valence-electron chi connectivity index (χ2n) is 4.71. The summed E-state index contributed by atoms with van der Waals surface area (Å²) < 4.78 is 10.9. The van der Waals surface area contributed by atoms with Gasteiger partial charge in [-0.05, 0) is 35.9 Å². The standard InChI is InChI=1S/C16H12Cl2O3/c17-12-3-1-10(7-13(12)18)8-14(19)11-2-4-15-16(9-11)21-6-5-20-15/h1-4,7,9H,5-6,8H2. The van der Waals surface area contributed by atoms with Crippen molar-refractivity contribution in [2.24, 2.45) is 0 Å². The molecule has 0 fully saturated rings. The van der Waals surface area contributed by atoms with Crippen molar-refractivity contribution >= 4 is 29.0 Å². The Balaban J connectivity index is 1.80. The molecule has 0 N–H and O–H groups in total. The normalized spacial score (nSPS) is 13.0. The van der Waals surface area contributed by atoms with Gasteiger partial charge in [-0.25, -0.2) is 0 Å². The van der Waals surface area contributed by atoms with Gasteiger partial charge in [0.25, 0.3) is 0 Å². The molecule has 0 spiro atoms. The topological polar surface area (TPSA) is 35.5 Å². The van der Waals surface area contributed by atoms with Gasteiger partial charge in [0.15, 0.2) is 17.3 Å². The average molecular weight is 323 g/mol. The molecule has 2 aromatic rings. The van der Waals surface area contributed by atoms with Crippen LogP contribution < -0.4 is 9.47 Å². The third-order valence-electron chi connectivity index (χ3n) is 3.21. The fraction of sp³-hybridized carbons (Fsp3) is 0.188. The summed E-state index contributed by atoms with van der Waals surface area (Å²) in [6.45, 7) is 1.03. The summed E-state index contributed by atoms with van der Waals surface area (Å²) in [5.41, 5.74) is 1.41. The van der Waals surface area contributed by atoms with Crippen molar-refractivity contribution in [1.29, 1.82) is 0 Å². The molecule has 5 heteroatoms. The molecule has 1 aliphatic heterocycles. The summed E-state index contributed by atoms with van der Waals surface area (Å²) in [6.07, 6.45) is 0.260. The van der Waals surface area contributed by atoms with Crippen LogP contribution in [-0.2, 0) is 6.42 Å². The highest BCUT2D eigenvalue weighted by molar-refractivity contribution is 6.42. The molecule has 3 rings (SSSR count). The summed E-state index contributed by atoms with van der Waals surface area (Å²) in [5.74, 6) is 1.28. The largest absolute Gasteiger partial charge is 0.486 e. The zero-order valence-electron chi connectivity index (χ0n) is 11.1. The quantitative estimate of drug-likeness (QED) is 0.795. The molecule has 0 saturated carbocycles. The molecule has 0 bridgehead atoms. The van der Waals surface area contributed by atoms with E-state index in [0.717, 1.165) is 5.56 Å². The molecule has 21 heavy (non-hydrogen) atoms. The van der Waals surface area contributed by atoms with E-state index in [1.807, 2.05) is 0 Å². The molecule has 3 nitrogen and oxygen atoms in total. The lowest BCUT2D eigenvalue weighted by molar-refractivity contribution is 0.0991. The number of ether oxygens (including phenoxy) is 2. The molecule has 0 aliphatic carbocycles. The van der Waals surface area contributed by atoms with Gasteiger partial charge in [0.05, 0.1) is 10.0 Å². The van der Waals surface area contributed by atoms with E-state index in [0.29, 0.717) is 40.3 Å². The number of hydrogen-bond donors (Lipinski definition) is 0. The Morgan fingerprint density at radius 3 is 2.48 bits per heavy atom. The van der Waals surface area contributed by atoms with Crippen molar-refractivity contribution in [3.8, 4) is 11.5 Å². The van der Waals surface area contributed by atoms with Gasteiger partial charge < -0.3 is 9.47 Å². The predicted octanol–water partition coefficient (Wildman–Crippen LogP) is 4.19. The molecular formula is C16H12Cl2O3. The minimum Gasteiger partial charge on any atom is -0.486 e. The van der Waals surface area contributed by atoms with Crippen LogP contribution in [0, 0.1) is 0 Å².